The lowest BCUT2D eigenvalue weighted by molar-refractivity contribution is -0.134. The number of nitrogens with zero attached hydrogens (tertiary/aromatic N) is 5. The largest absolute Gasteiger partial charge is 0.387 e. The molecule has 6 rings (SSSR count). The topological polar surface area (TPSA) is 124 Å². The van der Waals surface area contributed by atoms with E-state index in [0.717, 1.165) is 23.9 Å². The van der Waals surface area contributed by atoms with Gasteiger partial charge in [-0.1, -0.05) is 0 Å². The molecule has 2 unspecified atom stereocenters. The normalized spacial score (nSPS) is 19.2. The smallest absolute Gasteiger partial charge is 0.261 e. The van der Waals surface area contributed by atoms with E-state index in [1.54, 1.807) is 29.3 Å². The minimum absolute atomic E-state index is 0.136. The lowest BCUT2D eigenvalue weighted by atomic mass is 9.97. The van der Waals surface area contributed by atoms with E-state index >= 15 is 0 Å². The number of hydrogen-bond acceptors (Lipinski definition) is 8. The molecule has 0 bridgehead atoms. The van der Waals surface area contributed by atoms with Gasteiger partial charge >= 0.3 is 0 Å². The van der Waals surface area contributed by atoms with E-state index in [1.165, 1.54) is 10.7 Å². The van der Waals surface area contributed by atoms with E-state index in [4.69, 9.17) is 9.84 Å². The van der Waals surface area contributed by atoms with Crippen LogP contribution < -0.4 is 15.5 Å². The zero-order valence-electron chi connectivity index (χ0n) is 22.5. The zero-order chi connectivity index (χ0) is 29.2. The number of ether oxygens (including phenoxy) is 1. The standard InChI is InChI=1S/C29H29F2N7O4/c30-18-1-6-23(31)21(15-18)26-27(42-14-8-32-26)24-7-9-38-28(35-24)22(16-33-38)29(41)34-19-2-4-20(5-3-19)36-10-12-37(13-11-36)25(40)17-39/h1-7,9,15-16,26-27,32,39H,8,10-14,17H2,(H,34,41). The van der Waals surface area contributed by atoms with Gasteiger partial charge in [0.2, 0.25) is 5.91 Å². The molecule has 42 heavy (non-hydrogen) atoms. The van der Waals surface area contributed by atoms with Crippen LogP contribution in [0.25, 0.3) is 5.65 Å². The van der Waals surface area contributed by atoms with Gasteiger partial charge in [0.15, 0.2) is 5.65 Å². The van der Waals surface area contributed by atoms with Crippen molar-refractivity contribution in [3.63, 3.8) is 0 Å². The van der Waals surface area contributed by atoms with E-state index in [-0.39, 0.29) is 17.0 Å². The fourth-order valence-corrected chi connectivity index (χ4v) is 5.36. The summed E-state index contributed by atoms with van der Waals surface area (Å²) >= 11 is 0. The van der Waals surface area contributed by atoms with Crippen LogP contribution in [0.5, 0.6) is 0 Å². The molecule has 2 aromatic heterocycles. The van der Waals surface area contributed by atoms with Gasteiger partial charge in [-0.25, -0.2) is 18.3 Å². The van der Waals surface area contributed by atoms with Crippen molar-refractivity contribution in [2.45, 2.75) is 12.1 Å². The van der Waals surface area contributed by atoms with Gasteiger partial charge in [0.25, 0.3) is 5.91 Å². The number of carbonyl (C=O) groups excluding carboxylic acids is 2. The Hall–Kier alpha value is -4.46. The fraction of sp³-hybridized carbons (Fsp3) is 0.310. The van der Waals surface area contributed by atoms with E-state index in [9.17, 15) is 18.4 Å². The molecule has 4 aromatic rings. The number of aliphatic hydroxyl groups is 1. The number of nitrogens with one attached hydrogen (secondary N) is 2. The summed E-state index contributed by atoms with van der Waals surface area (Å²) in [6, 6.07) is 11.7. The van der Waals surface area contributed by atoms with E-state index in [1.807, 2.05) is 12.1 Å². The molecule has 2 aliphatic rings. The molecule has 0 saturated carbocycles. The first-order valence-corrected chi connectivity index (χ1v) is 13.6. The maximum atomic E-state index is 14.6. The number of aliphatic hydroxyl groups excluding tert-OH is 1. The van der Waals surface area contributed by atoms with Crippen molar-refractivity contribution < 1.29 is 28.2 Å². The van der Waals surface area contributed by atoms with Gasteiger partial charge in [-0.2, -0.15) is 5.10 Å². The molecular weight excluding hydrogens is 548 g/mol. The number of rotatable bonds is 6. The molecular formula is C29H29F2N7O4. The van der Waals surface area contributed by atoms with Crippen LogP contribution in [0.15, 0.2) is 60.9 Å². The highest BCUT2D eigenvalue weighted by atomic mass is 19.1. The Balaban J connectivity index is 1.18. The van der Waals surface area contributed by atoms with Crippen molar-refractivity contribution in [3.8, 4) is 0 Å². The van der Waals surface area contributed by atoms with Gasteiger partial charge in [0.1, 0.15) is 29.9 Å². The summed E-state index contributed by atoms with van der Waals surface area (Å²) in [7, 11) is 0. The lowest BCUT2D eigenvalue weighted by Gasteiger charge is -2.35. The van der Waals surface area contributed by atoms with Gasteiger partial charge in [-0.3, -0.25) is 9.59 Å². The summed E-state index contributed by atoms with van der Waals surface area (Å²) in [6.07, 6.45) is 2.35. The number of benzene rings is 2. The first-order valence-electron chi connectivity index (χ1n) is 13.6. The molecule has 2 aliphatic heterocycles. The number of amides is 2. The van der Waals surface area contributed by atoms with Crippen molar-refractivity contribution in [2.75, 3.05) is 56.2 Å². The van der Waals surface area contributed by atoms with Crippen molar-refractivity contribution in [3.05, 3.63) is 89.4 Å². The number of aromatic nitrogens is 3. The molecule has 4 heterocycles. The van der Waals surface area contributed by atoms with E-state index < -0.39 is 36.3 Å². The summed E-state index contributed by atoms with van der Waals surface area (Å²) in [4.78, 5) is 33.4. The maximum Gasteiger partial charge on any atom is 0.261 e. The van der Waals surface area contributed by atoms with Gasteiger partial charge in [-0.15, -0.1) is 0 Å². The first-order chi connectivity index (χ1) is 20.4. The van der Waals surface area contributed by atoms with Gasteiger partial charge < -0.3 is 30.3 Å². The predicted octanol–water partition coefficient (Wildman–Crippen LogP) is 2.30. The third-order valence-corrected chi connectivity index (χ3v) is 7.54. The average Bonchev–Trinajstić information content (AvgIpc) is 3.46. The molecule has 0 aliphatic carbocycles. The summed E-state index contributed by atoms with van der Waals surface area (Å²) < 4.78 is 36.0. The van der Waals surface area contributed by atoms with Crippen molar-refractivity contribution in [1.82, 2.24) is 24.8 Å². The second kappa shape index (κ2) is 11.8. The Kier molecular flexibility index (Phi) is 7.78. The number of anilines is 2. The van der Waals surface area contributed by atoms with Gasteiger partial charge in [0.05, 0.1) is 24.5 Å². The summed E-state index contributed by atoms with van der Waals surface area (Å²) in [5.74, 6) is -1.79. The Labute approximate surface area is 239 Å². The highest BCUT2D eigenvalue weighted by Crippen LogP contribution is 2.35. The molecule has 13 heteroatoms. The predicted molar refractivity (Wildman–Crippen MR) is 149 cm³/mol. The van der Waals surface area contributed by atoms with Crippen LogP contribution in [0, 0.1) is 11.6 Å². The summed E-state index contributed by atoms with van der Waals surface area (Å²) in [6.45, 7) is 2.66. The molecule has 2 fully saturated rings. The van der Waals surface area contributed by atoms with Crippen molar-refractivity contribution in [1.29, 1.82) is 0 Å². The number of fused-ring (bicyclic) bond motifs is 1. The Morgan fingerprint density at radius 2 is 1.86 bits per heavy atom. The quantitative estimate of drug-likeness (QED) is 0.319. The van der Waals surface area contributed by atoms with Gasteiger partial charge in [0, 0.05) is 55.9 Å². The summed E-state index contributed by atoms with van der Waals surface area (Å²) in [5.41, 5.74) is 2.65. The first kappa shape index (κ1) is 27.7. The monoisotopic (exact) mass is 577 g/mol. The molecule has 2 saturated heterocycles. The molecule has 218 valence electrons. The molecule has 2 aromatic carbocycles. The minimum Gasteiger partial charge on any atom is -0.387 e. The average molecular weight is 578 g/mol. The van der Waals surface area contributed by atoms with Crippen LogP contribution in [0.4, 0.5) is 20.2 Å². The highest BCUT2D eigenvalue weighted by Gasteiger charge is 2.32. The molecule has 2 amide bonds. The minimum atomic E-state index is -0.720. The maximum absolute atomic E-state index is 14.6. The lowest BCUT2D eigenvalue weighted by Crippen LogP contribution is -2.49. The van der Waals surface area contributed by atoms with Crippen LogP contribution in [-0.2, 0) is 9.53 Å². The Morgan fingerprint density at radius 3 is 2.62 bits per heavy atom. The Morgan fingerprint density at radius 1 is 1.07 bits per heavy atom. The second-order valence-corrected chi connectivity index (χ2v) is 10.1. The molecule has 11 nitrogen and oxygen atoms in total. The van der Waals surface area contributed by atoms with E-state index in [0.29, 0.717) is 56.4 Å². The van der Waals surface area contributed by atoms with Crippen LogP contribution in [-0.4, -0.2) is 82.4 Å². The van der Waals surface area contributed by atoms with Crippen LogP contribution in [0.3, 0.4) is 0 Å². The third-order valence-electron chi connectivity index (χ3n) is 7.54. The number of carbonyl (C=O) groups is 2. The fourth-order valence-electron chi connectivity index (χ4n) is 5.36. The number of morpholine rings is 1. The zero-order valence-corrected chi connectivity index (χ0v) is 22.5. The molecule has 3 N–H and O–H groups in total. The van der Waals surface area contributed by atoms with E-state index in [2.05, 4.69) is 25.6 Å². The van der Waals surface area contributed by atoms with Gasteiger partial charge in [-0.05, 0) is 48.5 Å². The SMILES string of the molecule is O=C(Nc1ccc(N2CCN(C(=O)CO)CC2)cc1)c1cnn2ccc(C3OCCNC3c3cc(F)ccc3F)nc12. The van der Waals surface area contributed by atoms with Crippen molar-refractivity contribution >= 4 is 28.8 Å². The number of hydrogen-bond donors (Lipinski definition) is 3. The van der Waals surface area contributed by atoms with Crippen LogP contribution in [0.2, 0.25) is 0 Å². The number of piperazine rings is 1. The van der Waals surface area contributed by atoms with Crippen LogP contribution >= 0.6 is 0 Å². The molecule has 0 radical (unpaired) electrons. The number of halogens is 2. The highest BCUT2D eigenvalue weighted by molar-refractivity contribution is 6.08. The Bertz CT molecular complexity index is 1610. The molecule has 2 atom stereocenters. The summed E-state index contributed by atoms with van der Waals surface area (Å²) in [5, 5.41) is 19.4. The second-order valence-electron chi connectivity index (χ2n) is 10.1. The molecule has 0 spiro atoms. The third kappa shape index (κ3) is 5.53. The van der Waals surface area contributed by atoms with Crippen molar-refractivity contribution in [2.24, 2.45) is 0 Å². The van der Waals surface area contributed by atoms with Crippen LogP contribution in [0.1, 0.15) is 33.8 Å².